The lowest BCUT2D eigenvalue weighted by atomic mass is 10.0. The van der Waals surface area contributed by atoms with Crippen molar-refractivity contribution in [2.75, 3.05) is 20.6 Å². The van der Waals surface area contributed by atoms with Gasteiger partial charge in [0.15, 0.2) is 0 Å². The van der Waals surface area contributed by atoms with E-state index in [4.69, 9.17) is 0 Å². The van der Waals surface area contributed by atoms with E-state index in [1.807, 2.05) is 0 Å². The van der Waals surface area contributed by atoms with Crippen LogP contribution in [0.1, 0.15) is 40.5 Å². The molecule has 0 spiro atoms. The van der Waals surface area contributed by atoms with Crippen molar-refractivity contribution in [2.45, 2.75) is 40.5 Å². The van der Waals surface area contributed by atoms with Crippen LogP contribution in [-0.4, -0.2) is 25.5 Å². The minimum atomic E-state index is 1.06. The molecule has 0 saturated heterocycles. The molecule has 0 N–H and O–H groups in total. The first kappa shape index (κ1) is 13.4. The van der Waals surface area contributed by atoms with Gasteiger partial charge in [-0.05, 0) is 46.4 Å². The van der Waals surface area contributed by atoms with Crippen molar-refractivity contribution in [3.8, 4) is 0 Å². The fraction of sp³-hybridized carbons (Fsp3) is 0.692. The first-order valence-corrected chi connectivity index (χ1v) is 5.51. The van der Waals surface area contributed by atoms with E-state index in [0.717, 1.165) is 19.4 Å². The molecule has 0 saturated carbocycles. The van der Waals surface area contributed by atoms with Crippen molar-refractivity contribution in [3.63, 3.8) is 0 Å². The van der Waals surface area contributed by atoms with Gasteiger partial charge in [0, 0.05) is 6.54 Å². The molecule has 14 heavy (non-hydrogen) atoms. The van der Waals surface area contributed by atoms with E-state index < -0.39 is 0 Å². The van der Waals surface area contributed by atoms with Gasteiger partial charge in [0.25, 0.3) is 0 Å². The van der Waals surface area contributed by atoms with Crippen LogP contribution in [0.25, 0.3) is 0 Å². The van der Waals surface area contributed by atoms with Crippen molar-refractivity contribution in [1.82, 2.24) is 4.90 Å². The summed E-state index contributed by atoms with van der Waals surface area (Å²) in [4.78, 5) is 2.21. The van der Waals surface area contributed by atoms with Crippen LogP contribution in [0.15, 0.2) is 22.8 Å². The van der Waals surface area contributed by atoms with Crippen molar-refractivity contribution in [1.29, 1.82) is 0 Å². The summed E-state index contributed by atoms with van der Waals surface area (Å²) in [6, 6.07) is 0. The Morgan fingerprint density at radius 1 is 1.07 bits per heavy atom. The molecule has 0 aliphatic rings. The highest BCUT2D eigenvalue weighted by Crippen LogP contribution is 2.15. The first-order chi connectivity index (χ1) is 6.51. The van der Waals surface area contributed by atoms with Crippen LogP contribution in [0.5, 0.6) is 0 Å². The smallest absolute Gasteiger partial charge is 0.0187 e. The molecule has 0 aromatic rings. The van der Waals surface area contributed by atoms with Gasteiger partial charge >= 0.3 is 0 Å². The SMILES string of the molecule is CC/C(C)=C(\C=C(/C)CN(C)C)CC. The predicted molar refractivity (Wildman–Crippen MR) is 65.6 cm³/mol. The number of likely N-dealkylation sites (N-methyl/N-ethyl adjacent to an activating group) is 1. The summed E-state index contributed by atoms with van der Waals surface area (Å²) in [5, 5.41) is 0. The van der Waals surface area contributed by atoms with Gasteiger partial charge in [0.2, 0.25) is 0 Å². The maximum absolute atomic E-state index is 2.35. The molecule has 1 heteroatoms. The fourth-order valence-electron chi connectivity index (χ4n) is 1.60. The van der Waals surface area contributed by atoms with Crippen molar-refractivity contribution in [3.05, 3.63) is 22.8 Å². The molecule has 0 amide bonds. The monoisotopic (exact) mass is 195 g/mol. The van der Waals surface area contributed by atoms with Crippen molar-refractivity contribution >= 4 is 0 Å². The first-order valence-electron chi connectivity index (χ1n) is 5.51. The molecule has 0 fully saturated rings. The lowest BCUT2D eigenvalue weighted by Gasteiger charge is -2.11. The lowest BCUT2D eigenvalue weighted by Crippen LogP contribution is -2.13. The van der Waals surface area contributed by atoms with E-state index in [1.54, 1.807) is 0 Å². The lowest BCUT2D eigenvalue weighted by molar-refractivity contribution is 0.445. The molecule has 0 heterocycles. The molecule has 0 unspecified atom stereocenters. The van der Waals surface area contributed by atoms with E-state index >= 15 is 0 Å². The van der Waals surface area contributed by atoms with E-state index in [9.17, 15) is 0 Å². The van der Waals surface area contributed by atoms with Crippen LogP contribution < -0.4 is 0 Å². The molecule has 0 rings (SSSR count). The van der Waals surface area contributed by atoms with Crippen LogP contribution in [0, 0.1) is 0 Å². The predicted octanol–water partition coefficient (Wildman–Crippen LogP) is 3.63. The Morgan fingerprint density at radius 3 is 2.00 bits per heavy atom. The van der Waals surface area contributed by atoms with Crippen LogP contribution in [0.3, 0.4) is 0 Å². The van der Waals surface area contributed by atoms with E-state index in [2.05, 4.69) is 52.8 Å². The zero-order valence-corrected chi connectivity index (χ0v) is 10.6. The number of nitrogens with zero attached hydrogens (tertiary/aromatic N) is 1. The minimum Gasteiger partial charge on any atom is -0.305 e. The van der Waals surface area contributed by atoms with Gasteiger partial charge in [0.1, 0.15) is 0 Å². The summed E-state index contributed by atoms with van der Waals surface area (Å²) in [5.74, 6) is 0. The summed E-state index contributed by atoms with van der Waals surface area (Å²) < 4.78 is 0. The molecule has 1 nitrogen and oxygen atoms in total. The minimum absolute atomic E-state index is 1.06. The Morgan fingerprint density at radius 2 is 1.64 bits per heavy atom. The Hall–Kier alpha value is -0.560. The Kier molecular flexibility index (Phi) is 6.56. The molecule has 82 valence electrons. The van der Waals surface area contributed by atoms with Gasteiger partial charge in [-0.2, -0.15) is 0 Å². The second-order valence-electron chi connectivity index (χ2n) is 4.24. The summed E-state index contributed by atoms with van der Waals surface area (Å²) in [7, 11) is 4.22. The Bertz CT molecular complexity index is 221. The molecule has 0 aliphatic carbocycles. The maximum atomic E-state index is 2.35. The molecule has 0 atom stereocenters. The zero-order valence-electron chi connectivity index (χ0n) is 10.6. The van der Waals surface area contributed by atoms with Gasteiger partial charge in [-0.15, -0.1) is 0 Å². The van der Waals surface area contributed by atoms with E-state index in [-0.39, 0.29) is 0 Å². The third kappa shape index (κ3) is 5.23. The van der Waals surface area contributed by atoms with Crippen molar-refractivity contribution < 1.29 is 0 Å². The third-order valence-electron chi connectivity index (χ3n) is 2.45. The quantitative estimate of drug-likeness (QED) is 0.605. The number of allylic oxidation sites excluding steroid dienone is 3. The van der Waals surface area contributed by atoms with Crippen molar-refractivity contribution in [2.24, 2.45) is 0 Å². The van der Waals surface area contributed by atoms with Crippen LogP contribution in [0.4, 0.5) is 0 Å². The summed E-state index contributed by atoms with van der Waals surface area (Å²) in [5.41, 5.74) is 4.47. The molecule has 0 aliphatic heterocycles. The zero-order chi connectivity index (χ0) is 11.1. The number of hydrogen-bond donors (Lipinski definition) is 0. The van der Waals surface area contributed by atoms with Gasteiger partial charge in [-0.1, -0.05) is 31.1 Å². The standard InChI is InChI=1S/C13H25N/c1-7-12(4)13(8-2)9-11(3)10-14(5)6/h9H,7-8,10H2,1-6H3/b11-9+,13-12-. The second-order valence-corrected chi connectivity index (χ2v) is 4.24. The summed E-state index contributed by atoms with van der Waals surface area (Å²) in [6.07, 6.45) is 4.65. The van der Waals surface area contributed by atoms with Crippen LogP contribution in [0.2, 0.25) is 0 Å². The fourth-order valence-corrected chi connectivity index (χ4v) is 1.60. The van der Waals surface area contributed by atoms with E-state index in [0.29, 0.717) is 0 Å². The van der Waals surface area contributed by atoms with Gasteiger partial charge < -0.3 is 4.90 Å². The summed E-state index contributed by atoms with van der Waals surface area (Å²) in [6.45, 7) is 9.95. The average Bonchev–Trinajstić information content (AvgIpc) is 2.11. The third-order valence-corrected chi connectivity index (χ3v) is 2.45. The molecule has 0 radical (unpaired) electrons. The summed E-state index contributed by atoms with van der Waals surface area (Å²) >= 11 is 0. The van der Waals surface area contributed by atoms with Gasteiger partial charge in [-0.25, -0.2) is 0 Å². The van der Waals surface area contributed by atoms with E-state index in [1.165, 1.54) is 16.7 Å². The van der Waals surface area contributed by atoms with Crippen LogP contribution in [-0.2, 0) is 0 Å². The van der Waals surface area contributed by atoms with Gasteiger partial charge in [-0.3, -0.25) is 0 Å². The highest BCUT2D eigenvalue weighted by Gasteiger charge is 1.98. The molecule has 0 aromatic carbocycles. The molecular weight excluding hydrogens is 170 g/mol. The number of hydrogen-bond acceptors (Lipinski definition) is 1. The Labute approximate surface area is 89.5 Å². The molecule has 0 aromatic heterocycles. The highest BCUT2D eigenvalue weighted by molar-refractivity contribution is 5.27. The maximum Gasteiger partial charge on any atom is 0.0187 e. The molecule has 0 bridgehead atoms. The Balaban J connectivity index is 4.58. The largest absolute Gasteiger partial charge is 0.305 e. The normalized spacial score (nSPS) is 14.6. The second kappa shape index (κ2) is 6.83. The number of rotatable bonds is 5. The highest BCUT2D eigenvalue weighted by atomic mass is 15.0. The topological polar surface area (TPSA) is 3.24 Å². The molecular formula is C13H25N. The average molecular weight is 195 g/mol. The van der Waals surface area contributed by atoms with Crippen LogP contribution >= 0.6 is 0 Å². The van der Waals surface area contributed by atoms with Gasteiger partial charge in [0.05, 0.1) is 0 Å².